The number of aromatic nitrogens is 1. The molecule has 0 fully saturated rings. The van der Waals surface area contributed by atoms with Crippen molar-refractivity contribution in [2.45, 2.75) is 0 Å². The summed E-state index contributed by atoms with van der Waals surface area (Å²) in [4.78, 5) is 16.5. The van der Waals surface area contributed by atoms with Gasteiger partial charge in [-0.05, 0) is 24.3 Å². The van der Waals surface area contributed by atoms with Crippen LogP contribution in [-0.2, 0) is 0 Å². The normalized spacial score (nSPS) is 10.6. The molecular formula is C18H14ClFN2O2. The van der Waals surface area contributed by atoms with E-state index in [0.717, 1.165) is 5.39 Å². The van der Waals surface area contributed by atoms with E-state index in [-0.39, 0.29) is 30.0 Å². The number of hydrogen-bond acceptors (Lipinski definition) is 3. The highest BCUT2D eigenvalue weighted by Crippen LogP contribution is 2.20. The van der Waals surface area contributed by atoms with Crippen LogP contribution in [0.25, 0.3) is 10.9 Å². The van der Waals surface area contributed by atoms with E-state index in [0.29, 0.717) is 11.1 Å². The number of hydrogen-bond donors (Lipinski definition) is 1. The monoisotopic (exact) mass is 344 g/mol. The summed E-state index contributed by atoms with van der Waals surface area (Å²) in [7, 11) is 0. The lowest BCUT2D eigenvalue weighted by molar-refractivity contribution is 0.0948. The van der Waals surface area contributed by atoms with Gasteiger partial charge in [0.15, 0.2) is 11.6 Å². The molecule has 0 saturated heterocycles. The average Bonchev–Trinajstić information content (AvgIpc) is 2.59. The minimum Gasteiger partial charge on any atom is -0.489 e. The van der Waals surface area contributed by atoms with Crippen LogP contribution in [-0.4, -0.2) is 24.0 Å². The van der Waals surface area contributed by atoms with E-state index in [1.807, 2.05) is 18.2 Å². The fourth-order valence-electron chi connectivity index (χ4n) is 2.31. The molecule has 0 atom stereocenters. The van der Waals surface area contributed by atoms with Crippen molar-refractivity contribution >= 4 is 28.4 Å². The summed E-state index contributed by atoms with van der Waals surface area (Å²) in [6.07, 6.45) is 0. The Morgan fingerprint density at radius 2 is 1.92 bits per heavy atom. The number of para-hydroxylation sites is 2. The standard InChI is InChI=1S/C18H14ClFN2O2/c19-17-11-13(12-5-1-3-7-15(12)22-17)18(23)21-9-10-24-16-8-4-2-6-14(16)20/h1-8,11H,9-10H2,(H,21,23). The van der Waals surface area contributed by atoms with Crippen LogP contribution in [0, 0.1) is 5.82 Å². The molecule has 24 heavy (non-hydrogen) atoms. The zero-order chi connectivity index (χ0) is 16.9. The van der Waals surface area contributed by atoms with Crippen LogP contribution in [0.1, 0.15) is 10.4 Å². The Hall–Kier alpha value is -2.66. The van der Waals surface area contributed by atoms with E-state index in [4.69, 9.17) is 16.3 Å². The lowest BCUT2D eigenvalue weighted by Gasteiger charge is -2.10. The first-order valence-electron chi connectivity index (χ1n) is 7.36. The average molecular weight is 345 g/mol. The molecule has 1 amide bonds. The van der Waals surface area contributed by atoms with Gasteiger partial charge in [-0.3, -0.25) is 4.79 Å². The lowest BCUT2D eigenvalue weighted by Crippen LogP contribution is -2.28. The Balaban J connectivity index is 1.65. The van der Waals surface area contributed by atoms with Crippen molar-refractivity contribution in [3.05, 3.63) is 71.1 Å². The van der Waals surface area contributed by atoms with Crippen LogP contribution in [0.3, 0.4) is 0 Å². The molecule has 0 aliphatic carbocycles. The van der Waals surface area contributed by atoms with E-state index in [2.05, 4.69) is 10.3 Å². The van der Waals surface area contributed by atoms with Gasteiger partial charge in [0.1, 0.15) is 11.8 Å². The molecule has 1 aromatic heterocycles. The molecule has 3 rings (SSSR count). The third-order valence-corrected chi connectivity index (χ3v) is 3.61. The lowest BCUT2D eigenvalue weighted by atomic mass is 10.1. The smallest absolute Gasteiger partial charge is 0.252 e. The molecule has 0 saturated carbocycles. The number of pyridine rings is 1. The van der Waals surface area contributed by atoms with Gasteiger partial charge < -0.3 is 10.1 Å². The van der Waals surface area contributed by atoms with Gasteiger partial charge in [-0.2, -0.15) is 0 Å². The van der Waals surface area contributed by atoms with Gasteiger partial charge >= 0.3 is 0 Å². The number of nitrogens with zero attached hydrogens (tertiary/aromatic N) is 1. The van der Waals surface area contributed by atoms with E-state index < -0.39 is 5.82 Å². The highest BCUT2D eigenvalue weighted by Gasteiger charge is 2.12. The van der Waals surface area contributed by atoms with Crippen molar-refractivity contribution in [2.24, 2.45) is 0 Å². The molecule has 1 N–H and O–H groups in total. The maximum atomic E-state index is 13.4. The van der Waals surface area contributed by atoms with Gasteiger partial charge in [-0.15, -0.1) is 0 Å². The van der Waals surface area contributed by atoms with Crippen LogP contribution >= 0.6 is 11.6 Å². The number of benzene rings is 2. The number of halogens is 2. The molecule has 6 heteroatoms. The van der Waals surface area contributed by atoms with E-state index in [1.165, 1.54) is 18.2 Å². The Labute approximate surface area is 143 Å². The van der Waals surface area contributed by atoms with Crippen molar-refractivity contribution in [3.63, 3.8) is 0 Å². The first-order valence-corrected chi connectivity index (χ1v) is 7.74. The SMILES string of the molecule is O=C(NCCOc1ccccc1F)c1cc(Cl)nc2ccccc12. The largest absolute Gasteiger partial charge is 0.489 e. The molecule has 3 aromatic rings. The molecule has 122 valence electrons. The van der Waals surface area contributed by atoms with Crippen LogP contribution in [0.5, 0.6) is 5.75 Å². The van der Waals surface area contributed by atoms with E-state index in [9.17, 15) is 9.18 Å². The van der Waals surface area contributed by atoms with Gasteiger partial charge in [0.05, 0.1) is 17.6 Å². The molecule has 0 bridgehead atoms. The van der Waals surface area contributed by atoms with Gasteiger partial charge in [-0.1, -0.05) is 41.9 Å². The molecule has 0 spiro atoms. The third kappa shape index (κ3) is 3.63. The van der Waals surface area contributed by atoms with Crippen LogP contribution in [0.4, 0.5) is 4.39 Å². The van der Waals surface area contributed by atoms with Crippen molar-refractivity contribution in [3.8, 4) is 5.75 Å². The number of ether oxygens (including phenoxy) is 1. The number of amides is 1. The zero-order valence-corrected chi connectivity index (χ0v) is 13.4. The second-order valence-corrected chi connectivity index (χ2v) is 5.43. The van der Waals surface area contributed by atoms with E-state index in [1.54, 1.807) is 18.2 Å². The molecule has 0 unspecified atom stereocenters. The minimum absolute atomic E-state index is 0.156. The Kier molecular flexibility index (Phi) is 4.91. The van der Waals surface area contributed by atoms with Gasteiger partial charge in [0.25, 0.3) is 5.91 Å². The Bertz CT molecular complexity index is 886. The molecule has 4 nitrogen and oxygen atoms in total. The van der Waals surface area contributed by atoms with E-state index >= 15 is 0 Å². The Morgan fingerprint density at radius 3 is 2.75 bits per heavy atom. The summed E-state index contributed by atoms with van der Waals surface area (Å²) in [6.45, 7) is 0.394. The zero-order valence-electron chi connectivity index (χ0n) is 12.6. The quantitative estimate of drug-likeness (QED) is 0.565. The summed E-state index contributed by atoms with van der Waals surface area (Å²) < 4.78 is 18.7. The molecule has 0 aliphatic rings. The predicted molar refractivity (Wildman–Crippen MR) is 91.0 cm³/mol. The number of nitrogens with one attached hydrogen (secondary N) is 1. The number of fused-ring (bicyclic) bond motifs is 1. The number of carbonyl (C=O) groups is 1. The fraction of sp³-hybridized carbons (Fsp3) is 0.111. The second kappa shape index (κ2) is 7.27. The van der Waals surface area contributed by atoms with Gasteiger partial charge in [0.2, 0.25) is 0 Å². The summed E-state index contributed by atoms with van der Waals surface area (Å²) in [6, 6.07) is 14.9. The van der Waals surface area contributed by atoms with Crippen molar-refractivity contribution in [1.82, 2.24) is 10.3 Å². The van der Waals surface area contributed by atoms with Crippen molar-refractivity contribution in [2.75, 3.05) is 13.2 Å². The first kappa shape index (κ1) is 16.2. The maximum Gasteiger partial charge on any atom is 0.252 e. The summed E-state index contributed by atoms with van der Waals surface area (Å²) in [5.41, 5.74) is 1.09. The van der Waals surface area contributed by atoms with Crippen molar-refractivity contribution < 1.29 is 13.9 Å². The predicted octanol–water partition coefficient (Wildman–Crippen LogP) is 3.84. The summed E-state index contributed by atoms with van der Waals surface area (Å²) in [5, 5.41) is 3.70. The fourth-order valence-corrected chi connectivity index (χ4v) is 2.51. The Morgan fingerprint density at radius 1 is 1.17 bits per heavy atom. The molecule has 0 radical (unpaired) electrons. The molecular weight excluding hydrogens is 331 g/mol. The maximum absolute atomic E-state index is 13.4. The minimum atomic E-state index is -0.435. The van der Waals surface area contributed by atoms with Gasteiger partial charge in [0, 0.05) is 5.39 Å². The highest BCUT2D eigenvalue weighted by molar-refractivity contribution is 6.30. The summed E-state index contributed by atoms with van der Waals surface area (Å²) in [5.74, 6) is -0.562. The van der Waals surface area contributed by atoms with Crippen molar-refractivity contribution in [1.29, 1.82) is 0 Å². The highest BCUT2D eigenvalue weighted by atomic mass is 35.5. The van der Waals surface area contributed by atoms with Crippen LogP contribution < -0.4 is 10.1 Å². The third-order valence-electron chi connectivity index (χ3n) is 3.41. The molecule has 1 heterocycles. The van der Waals surface area contributed by atoms with Crippen LogP contribution in [0.15, 0.2) is 54.6 Å². The topological polar surface area (TPSA) is 51.2 Å². The number of rotatable bonds is 5. The second-order valence-electron chi connectivity index (χ2n) is 5.04. The van der Waals surface area contributed by atoms with Gasteiger partial charge in [-0.25, -0.2) is 9.37 Å². The first-order chi connectivity index (χ1) is 11.6. The molecule has 0 aliphatic heterocycles. The molecule has 2 aromatic carbocycles. The number of carbonyl (C=O) groups excluding carboxylic acids is 1. The van der Waals surface area contributed by atoms with Crippen LogP contribution in [0.2, 0.25) is 5.15 Å². The summed E-state index contributed by atoms with van der Waals surface area (Å²) >= 11 is 5.97.